The molecule has 4 rings (SSSR count). The van der Waals surface area contributed by atoms with Crippen molar-refractivity contribution >= 4 is 28.9 Å². The van der Waals surface area contributed by atoms with Gasteiger partial charge in [0.05, 0.1) is 28.9 Å². The molecule has 1 aliphatic rings. The van der Waals surface area contributed by atoms with Crippen LogP contribution in [0.4, 0.5) is 0 Å². The molecule has 7 nitrogen and oxygen atoms in total. The van der Waals surface area contributed by atoms with Crippen molar-refractivity contribution in [2.24, 2.45) is 12.1 Å². The minimum absolute atomic E-state index is 0.0631. The molecule has 2 aromatic heterocycles. The van der Waals surface area contributed by atoms with E-state index in [-0.39, 0.29) is 24.4 Å². The molecular formula is C25H28N4O3S. The summed E-state index contributed by atoms with van der Waals surface area (Å²) < 4.78 is 7.19. The van der Waals surface area contributed by atoms with Crippen LogP contribution in [0.1, 0.15) is 39.0 Å². The molecule has 0 aliphatic carbocycles. The van der Waals surface area contributed by atoms with Gasteiger partial charge in [-0.1, -0.05) is 35.9 Å². The van der Waals surface area contributed by atoms with E-state index in [0.717, 1.165) is 22.5 Å². The summed E-state index contributed by atoms with van der Waals surface area (Å²) in [6.07, 6.45) is 2.58. The number of thiophene rings is 1. The minimum Gasteiger partial charge on any atom is -0.383 e. The summed E-state index contributed by atoms with van der Waals surface area (Å²) >= 11 is 1.36. The Bertz CT molecular complexity index is 1130. The Morgan fingerprint density at radius 1 is 1.18 bits per heavy atom. The van der Waals surface area contributed by atoms with Crippen molar-refractivity contribution in [1.82, 2.24) is 14.5 Å². The quantitative estimate of drug-likeness (QED) is 0.508. The standard InChI is InChI=1S/C25H28N4O3S/c1-18-8-10-19(11-9-18)22-16-20(21-6-4-12-27(21)2)26-29(22)24(30)17-28(13-14-32-3)25(31)23-7-5-15-33-23/h4-12,15,22H,13-14,16-17H2,1-3H3/t22-/m0/s1. The normalized spacial score (nSPS) is 15.5. The monoisotopic (exact) mass is 464 g/mol. The lowest BCUT2D eigenvalue weighted by molar-refractivity contribution is -0.133. The predicted molar refractivity (Wildman–Crippen MR) is 129 cm³/mol. The highest BCUT2D eigenvalue weighted by atomic mass is 32.1. The molecule has 3 heterocycles. The molecule has 0 saturated heterocycles. The highest BCUT2D eigenvalue weighted by Crippen LogP contribution is 2.33. The van der Waals surface area contributed by atoms with Gasteiger partial charge in [0, 0.05) is 33.3 Å². The number of carbonyl (C=O) groups is 2. The fourth-order valence-electron chi connectivity index (χ4n) is 3.95. The Labute approximate surface area is 197 Å². The molecule has 33 heavy (non-hydrogen) atoms. The van der Waals surface area contributed by atoms with Crippen LogP contribution in [0.3, 0.4) is 0 Å². The molecule has 0 N–H and O–H groups in total. The Kier molecular flexibility index (Phi) is 7.05. The number of aryl methyl sites for hydroxylation is 2. The van der Waals surface area contributed by atoms with Crippen LogP contribution in [0, 0.1) is 6.92 Å². The Morgan fingerprint density at radius 3 is 2.61 bits per heavy atom. The first kappa shape index (κ1) is 22.9. The molecule has 1 aromatic carbocycles. The fourth-order valence-corrected chi connectivity index (χ4v) is 4.64. The van der Waals surface area contributed by atoms with Gasteiger partial charge in [-0.2, -0.15) is 5.10 Å². The number of rotatable bonds is 8. The molecule has 2 amide bonds. The molecule has 1 aliphatic heterocycles. The van der Waals surface area contributed by atoms with E-state index < -0.39 is 0 Å². The molecular weight excluding hydrogens is 436 g/mol. The number of hydrogen-bond acceptors (Lipinski definition) is 5. The zero-order chi connectivity index (χ0) is 23.4. The second kappa shape index (κ2) is 10.1. The average Bonchev–Trinajstić information content (AvgIpc) is 3.57. The zero-order valence-corrected chi connectivity index (χ0v) is 19.9. The SMILES string of the molecule is COCCN(CC(=O)N1N=C(c2cccn2C)C[C@H]1c1ccc(C)cc1)C(=O)c1cccs1. The zero-order valence-electron chi connectivity index (χ0n) is 19.1. The van der Waals surface area contributed by atoms with Gasteiger partial charge in [-0.15, -0.1) is 11.3 Å². The van der Waals surface area contributed by atoms with Crippen LogP contribution in [-0.2, 0) is 16.6 Å². The first-order valence-electron chi connectivity index (χ1n) is 10.9. The minimum atomic E-state index is -0.218. The third kappa shape index (κ3) is 5.07. The smallest absolute Gasteiger partial charge is 0.264 e. The predicted octanol–water partition coefficient (Wildman–Crippen LogP) is 3.86. The molecule has 0 radical (unpaired) electrons. The molecule has 0 unspecified atom stereocenters. The molecule has 0 saturated carbocycles. The first-order chi connectivity index (χ1) is 16.0. The third-order valence-electron chi connectivity index (χ3n) is 5.78. The van der Waals surface area contributed by atoms with Crippen LogP contribution in [0.2, 0.25) is 0 Å². The number of nitrogens with zero attached hydrogens (tertiary/aromatic N) is 4. The number of hydrogen-bond donors (Lipinski definition) is 0. The van der Waals surface area contributed by atoms with Gasteiger partial charge in [0.1, 0.15) is 6.54 Å². The van der Waals surface area contributed by atoms with Crippen molar-refractivity contribution in [3.8, 4) is 0 Å². The maximum atomic E-state index is 13.5. The summed E-state index contributed by atoms with van der Waals surface area (Å²) in [7, 11) is 3.55. The van der Waals surface area contributed by atoms with Crippen LogP contribution >= 0.6 is 11.3 Å². The number of carbonyl (C=O) groups excluding carboxylic acids is 2. The van der Waals surface area contributed by atoms with Crippen molar-refractivity contribution in [3.05, 3.63) is 81.8 Å². The summed E-state index contributed by atoms with van der Waals surface area (Å²) in [5.74, 6) is -0.390. The summed E-state index contributed by atoms with van der Waals surface area (Å²) in [6, 6.07) is 15.5. The number of ether oxygens (including phenoxy) is 1. The van der Waals surface area contributed by atoms with Crippen molar-refractivity contribution in [1.29, 1.82) is 0 Å². The van der Waals surface area contributed by atoms with Gasteiger partial charge in [0.15, 0.2) is 0 Å². The van der Waals surface area contributed by atoms with Gasteiger partial charge in [-0.3, -0.25) is 9.59 Å². The summed E-state index contributed by atoms with van der Waals surface area (Å²) in [4.78, 5) is 28.7. The van der Waals surface area contributed by atoms with E-state index in [1.165, 1.54) is 11.3 Å². The van der Waals surface area contributed by atoms with Gasteiger partial charge in [0.25, 0.3) is 11.8 Å². The van der Waals surface area contributed by atoms with Crippen molar-refractivity contribution in [2.45, 2.75) is 19.4 Å². The Hall–Kier alpha value is -3.23. The molecule has 0 fully saturated rings. The molecule has 172 valence electrons. The van der Waals surface area contributed by atoms with Crippen LogP contribution in [0.15, 0.2) is 65.2 Å². The first-order valence-corrected chi connectivity index (χ1v) is 11.8. The Balaban J connectivity index is 1.61. The number of hydrazone groups is 1. The van der Waals surface area contributed by atoms with Crippen LogP contribution in [0.5, 0.6) is 0 Å². The van der Waals surface area contributed by atoms with E-state index in [0.29, 0.717) is 24.4 Å². The van der Waals surface area contributed by atoms with Crippen molar-refractivity contribution < 1.29 is 14.3 Å². The van der Waals surface area contributed by atoms with Gasteiger partial charge in [-0.25, -0.2) is 5.01 Å². The average molecular weight is 465 g/mol. The van der Waals surface area contributed by atoms with E-state index in [2.05, 4.69) is 0 Å². The van der Waals surface area contributed by atoms with E-state index in [1.54, 1.807) is 23.1 Å². The van der Waals surface area contributed by atoms with E-state index in [1.807, 2.05) is 72.6 Å². The van der Waals surface area contributed by atoms with Crippen molar-refractivity contribution in [3.63, 3.8) is 0 Å². The van der Waals surface area contributed by atoms with Gasteiger partial charge in [0.2, 0.25) is 0 Å². The number of methoxy groups -OCH3 is 1. The second-order valence-electron chi connectivity index (χ2n) is 8.12. The molecule has 0 spiro atoms. The van der Waals surface area contributed by atoms with Gasteiger partial charge >= 0.3 is 0 Å². The Morgan fingerprint density at radius 2 is 1.97 bits per heavy atom. The molecule has 8 heteroatoms. The summed E-state index contributed by atoms with van der Waals surface area (Å²) in [5, 5.41) is 8.15. The number of aromatic nitrogens is 1. The van der Waals surface area contributed by atoms with E-state index in [4.69, 9.17) is 9.84 Å². The number of amides is 2. The fraction of sp³-hybridized carbons (Fsp3) is 0.320. The summed E-state index contributed by atoms with van der Waals surface area (Å²) in [6.45, 7) is 2.66. The lowest BCUT2D eigenvalue weighted by atomic mass is 9.99. The van der Waals surface area contributed by atoms with Crippen LogP contribution in [0.25, 0.3) is 0 Å². The van der Waals surface area contributed by atoms with Gasteiger partial charge < -0.3 is 14.2 Å². The maximum absolute atomic E-state index is 13.5. The largest absolute Gasteiger partial charge is 0.383 e. The van der Waals surface area contributed by atoms with Crippen LogP contribution < -0.4 is 0 Å². The second-order valence-corrected chi connectivity index (χ2v) is 9.06. The highest BCUT2D eigenvalue weighted by molar-refractivity contribution is 7.12. The van der Waals surface area contributed by atoms with Crippen molar-refractivity contribution in [2.75, 3.05) is 26.8 Å². The van der Waals surface area contributed by atoms with Gasteiger partial charge in [-0.05, 0) is 36.1 Å². The lowest BCUT2D eigenvalue weighted by Crippen LogP contribution is -2.42. The molecule has 1 atom stereocenters. The third-order valence-corrected chi connectivity index (χ3v) is 6.64. The molecule has 0 bridgehead atoms. The summed E-state index contributed by atoms with van der Waals surface area (Å²) in [5.41, 5.74) is 4.02. The highest BCUT2D eigenvalue weighted by Gasteiger charge is 2.35. The van der Waals surface area contributed by atoms with E-state index in [9.17, 15) is 9.59 Å². The van der Waals surface area contributed by atoms with E-state index >= 15 is 0 Å². The topological polar surface area (TPSA) is 67.1 Å². The number of benzene rings is 1. The maximum Gasteiger partial charge on any atom is 0.264 e. The van der Waals surface area contributed by atoms with Crippen LogP contribution in [-0.4, -0.2) is 58.8 Å². The lowest BCUT2D eigenvalue weighted by Gasteiger charge is -2.26. The molecule has 3 aromatic rings.